The molecule has 11 amide bonds. The number of nitrogens with two attached hydrogens (primary N) is 5. The quantitative estimate of drug-likeness (QED) is 0.0299. The molecule has 0 radical (unpaired) electrons. The maximum atomic E-state index is 14.4. The Morgan fingerprint density at radius 2 is 1.02 bits per heavy atom. The summed E-state index contributed by atoms with van der Waals surface area (Å²) in [5.74, 6) is -9.76. The van der Waals surface area contributed by atoms with Gasteiger partial charge in [-0.3, -0.25) is 52.7 Å². The van der Waals surface area contributed by atoms with Crippen LogP contribution in [0.1, 0.15) is 145 Å². The lowest BCUT2D eigenvalue weighted by atomic mass is 9.96. The Bertz CT molecular complexity index is 2090. The minimum atomic E-state index is -1.69. The Labute approximate surface area is 488 Å². The predicted octanol–water partition coefficient (Wildman–Crippen LogP) is -5.05. The minimum Gasteiger partial charge on any atom is -0.391 e. The van der Waals surface area contributed by atoms with Gasteiger partial charge in [0.25, 0.3) is 0 Å². The van der Waals surface area contributed by atoms with Crippen LogP contribution in [-0.4, -0.2) is 187 Å². The summed E-state index contributed by atoms with van der Waals surface area (Å²) < 4.78 is 0. The summed E-state index contributed by atoms with van der Waals surface area (Å²) in [7, 11) is 0. The van der Waals surface area contributed by atoms with E-state index in [-0.39, 0.29) is 83.6 Å². The van der Waals surface area contributed by atoms with Crippen LogP contribution in [0.4, 0.5) is 0 Å². The van der Waals surface area contributed by atoms with Crippen LogP contribution in [0.2, 0.25) is 0 Å². The molecule has 1 saturated heterocycles. The molecule has 83 heavy (non-hydrogen) atoms. The molecule has 0 bridgehead atoms. The molecule has 0 aromatic rings. The van der Waals surface area contributed by atoms with Crippen LogP contribution in [-0.2, 0) is 52.7 Å². The summed E-state index contributed by atoms with van der Waals surface area (Å²) in [6.07, 6.45) is 0.643. The molecule has 0 aliphatic carbocycles. The Balaban J connectivity index is 3.79. The van der Waals surface area contributed by atoms with Crippen molar-refractivity contribution in [3.05, 3.63) is 0 Å². The number of hydrogen-bond acceptors (Lipinski definition) is 18. The molecular weight excluding hydrogens is 1080 g/mol. The number of rotatable bonds is 30. The highest BCUT2D eigenvalue weighted by Gasteiger charge is 2.38. The van der Waals surface area contributed by atoms with E-state index in [0.29, 0.717) is 18.8 Å². The molecule has 1 aliphatic heterocycles. The molecule has 0 spiro atoms. The van der Waals surface area contributed by atoms with Crippen molar-refractivity contribution >= 4 is 65.0 Å². The molecule has 1 fully saturated rings. The zero-order valence-electron chi connectivity index (χ0n) is 50.1. The highest BCUT2D eigenvalue weighted by molar-refractivity contribution is 5.99. The molecule has 0 aromatic heterocycles. The van der Waals surface area contributed by atoms with Crippen molar-refractivity contribution in [1.82, 2.24) is 58.5 Å². The lowest BCUT2D eigenvalue weighted by Gasteiger charge is -2.30. The highest BCUT2D eigenvalue weighted by atomic mass is 16.3. The highest BCUT2D eigenvalue weighted by Crippen LogP contribution is 2.15. The molecule has 29 nitrogen and oxygen atoms in total. The van der Waals surface area contributed by atoms with E-state index in [0.717, 1.165) is 25.7 Å². The molecule has 0 aromatic carbocycles. The van der Waals surface area contributed by atoms with Crippen molar-refractivity contribution in [2.24, 2.45) is 46.4 Å². The number of amides is 11. The van der Waals surface area contributed by atoms with Gasteiger partial charge in [-0.15, -0.1) is 0 Å². The van der Waals surface area contributed by atoms with Crippen LogP contribution in [0.3, 0.4) is 0 Å². The van der Waals surface area contributed by atoms with Crippen LogP contribution >= 0.6 is 0 Å². The number of hydrogen-bond donors (Lipinski definition) is 18. The van der Waals surface area contributed by atoms with Gasteiger partial charge >= 0.3 is 0 Å². The third kappa shape index (κ3) is 27.4. The smallest absolute Gasteiger partial charge is 0.245 e. The second-order valence-corrected chi connectivity index (χ2v) is 22.0. The summed E-state index contributed by atoms with van der Waals surface area (Å²) in [5.41, 5.74) is 29.3. The fourth-order valence-electron chi connectivity index (χ4n) is 8.91. The maximum Gasteiger partial charge on any atom is 0.245 e. The molecule has 14 atom stereocenters. The first kappa shape index (κ1) is 74.9. The molecule has 1 heterocycles. The Hall–Kier alpha value is -6.11. The van der Waals surface area contributed by atoms with Crippen molar-refractivity contribution in [1.29, 1.82) is 0 Å². The number of unbranched alkanes of at least 4 members (excludes halogenated alkanes) is 2. The summed E-state index contributed by atoms with van der Waals surface area (Å²) in [6, 6.07) is -14.5. The summed E-state index contributed by atoms with van der Waals surface area (Å²) >= 11 is 0. The lowest BCUT2D eigenvalue weighted by Crippen LogP contribution is -2.62. The van der Waals surface area contributed by atoms with E-state index in [1.807, 2.05) is 0 Å². The average molecular weight is 1180 g/mol. The van der Waals surface area contributed by atoms with E-state index in [1.54, 1.807) is 27.7 Å². The van der Waals surface area contributed by atoms with E-state index in [9.17, 15) is 63.0 Å². The maximum absolute atomic E-state index is 14.4. The molecule has 1 aliphatic rings. The predicted molar refractivity (Wildman–Crippen MR) is 310 cm³/mol. The first-order valence-electron chi connectivity index (χ1n) is 29.4. The minimum absolute atomic E-state index is 0.0120. The lowest BCUT2D eigenvalue weighted by molar-refractivity contribution is -0.137. The normalized spacial score (nSPS) is 23.6. The van der Waals surface area contributed by atoms with Gasteiger partial charge in [0.1, 0.15) is 60.4 Å². The SMILES string of the molecule is CCC(C)CCCCCC(=O)N[C@@H](CCN)C(=O)N[C@H](C(=O)N[C@@H](CCN)C(=O)NC1CCNC(=O)C([C@@H](C)O)NC(=O)[C@H](CCN)NC(=O)[C@H](CCN)NC(=O)[C@H]([C@@H](C)CC)NC(=O)[C@@H](CC(C)C)NC(=O)C(CCN)NC1=O)[C@@H](C)O. The van der Waals surface area contributed by atoms with Gasteiger partial charge in [0.15, 0.2) is 0 Å². The van der Waals surface area contributed by atoms with Gasteiger partial charge in [-0.2, -0.15) is 0 Å². The number of carbonyl (C=O) groups is 11. The summed E-state index contributed by atoms with van der Waals surface area (Å²) in [6.45, 7) is 12.6. The van der Waals surface area contributed by atoms with E-state index < -0.39 is 156 Å². The largest absolute Gasteiger partial charge is 0.391 e. The van der Waals surface area contributed by atoms with Gasteiger partial charge in [-0.05, 0) is 116 Å². The van der Waals surface area contributed by atoms with Crippen LogP contribution in [0.25, 0.3) is 0 Å². The second-order valence-electron chi connectivity index (χ2n) is 22.0. The van der Waals surface area contributed by atoms with Crippen molar-refractivity contribution in [3.63, 3.8) is 0 Å². The van der Waals surface area contributed by atoms with Gasteiger partial charge < -0.3 is 97.4 Å². The Kier molecular flexibility index (Phi) is 36.3. The average Bonchev–Trinajstić information content (AvgIpc) is 3.49. The van der Waals surface area contributed by atoms with Crippen molar-refractivity contribution < 1.29 is 63.0 Å². The number of aliphatic hydroxyl groups is 2. The zero-order chi connectivity index (χ0) is 62.9. The first-order valence-corrected chi connectivity index (χ1v) is 29.4. The number of aliphatic hydroxyl groups excluding tert-OH is 2. The first-order chi connectivity index (χ1) is 39.2. The van der Waals surface area contributed by atoms with Gasteiger partial charge in [0, 0.05) is 13.0 Å². The Morgan fingerprint density at radius 1 is 0.530 bits per heavy atom. The van der Waals surface area contributed by atoms with Crippen LogP contribution < -0.4 is 87.2 Å². The van der Waals surface area contributed by atoms with Crippen LogP contribution in [0, 0.1) is 17.8 Å². The number of carbonyl (C=O) groups excluding carboxylic acids is 11. The summed E-state index contributed by atoms with van der Waals surface area (Å²) in [4.78, 5) is 153. The molecule has 476 valence electrons. The van der Waals surface area contributed by atoms with Gasteiger partial charge in [0.2, 0.25) is 65.0 Å². The molecule has 23 N–H and O–H groups in total. The van der Waals surface area contributed by atoms with E-state index in [1.165, 1.54) is 13.8 Å². The molecule has 29 heteroatoms. The number of nitrogens with one attached hydrogen (secondary N) is 11. The second kappa shape index (κ2) is 40.2. The third-order valence-corrected chi connectivity index (χ3v) is 14.4. The van der Waals surface area contributed by atoms with Gasteiger partial charge in [-0.25, -0.2) is 0 Å². The summed E-state index contributed by atoms with van der Waals surface area (Å²) in [5, 5.41) is 49.6. The van der Waals surface area contributed by atoms with E-state index in [2.05, 4.69) is 72.3 Å². The van der Waals surface area contributed by atoms with E-state index >= 15 is 0 Å². The third-order valence-electron chi connectivity index (χ3n) is 14.4. The zero-order valence-corrected chi connectivity index (χ0v) is 50.1. The fraction of sp³-hybridized carbons (Fsp3) is 0.796. The monoisotopic (exact) mass is 1180 g/mol. The Morgan fingerprint density at radius 3 is 1.52 bits per heavy atom. The molecular formula is C54H102N16O13. The van der Waals surface area contributed by atoms with Crippen LogP contribution in [0.15, 0.2) is 0 Å². The molecule has 0 saturated carbocycles. The molecule has 1 rings (SSSR count). The van der Waals surface area contributed by atoms with Gasteiger partial charge in [0.05, 0.1) is 12.2 Å². The standard InChI is InChI=1S/C54H102N16O13/c1-9-30(5)14-12-11-13-15-41(73)61-34(16-22-55)49(78)70-44(33(8)72)54(83)66-37(19-25-58)46(75)64-39-21-27-60-52(81)43(32(7)71)69-50(79)38(20-26-59)63-45(74)36(18-24-57)65-53(82)42(31(6)10-2)68-51(80)40(28-29(3)4)67-47(76)35(17-23-56)62-48(39)77/h29-40,42-44,71-72H,9-28,55-59H2,1-8H3,(H,60,81)(H,61,73)(H,62,77)(H,63,74)(H,64,75)(H,65,82)(H,66,83)(H,67,76)(H,68,80)(H,69,79)(H,70,78)/t30?,31-,32+,33+,34-,35?,36-,37-,38-,39?,40+,42-,43?,44-/m0/s1. The van der Waals surface area contributed by atoms with Crippen molar-refractivity contribution in [2.45, 2.75) is 218 Å². The van der Waals surface area contributed by atoms with Crippen LogP contribution in [0.5, 0.6) is 0 Å². The topological polar surface area (TPSA) is 491 Å². The molecule has 4 unspecified atom stereocenters. The van der Waals surface area contributed by atoms with Crippen molar-refractivity contribution in [2.75, 3.05) is 39.3 Å². The van der Waals surface area contributed by atoms with E-state index in [4.69, 9.17) is 28.7 Å². The van der Waals surface area contributed by atoms with Crippen molar-refractivity contribution in [3.8, 4) is 0 Å². The van der Waals surface area contributed by atoms with Gasteiger partial charge in [-0.1, -0.05) is 73.6 Å². The fourth-order valence-corrected chi connectivity index (χ4v) is 8.91.